The molecule has 19 heavy (non-hydrogen) atoms. The number of halogens is 1. The van der Waals surface area contributed by atoms with Gasteiger partial charge in [-0.05, 0) is 30.0 Å². The Morgan fingerprint density at radius 2 is 2.47 bits per heavy atom. The van der Waals surface area contributed by atoms with E-state index in [4.69, 9.17) is 10.3 Å². The first-order valence-corrected chi connectivity index (χ1v) is 6.70. The number of nitrogens with zero attached hydrogens (tertiary/aromatic N) is 4. The largest absolute Gasteiger partial charge is 0.447 e. The highest BCUT2D eigenvalue weighted by Crippen LogP contribution is 2.28. The molecule has 1 unspecified atom stereocenters. The van der Waals surface area contributed by atoms with Gasteiger partial charge in [0.2, 0.25) is 0 Å². The van der Waals surface area contributed by atoms with Crippen molar-refractivity contribution < 1.29 is 13.9 Å². The first-order chi connectivity index (χ1) is 9.17. The molecule has 1 aromatic carbocycles. The van der Waals surface area contributed by atoms with Crippen LogP contribution in [0.2, 0.25) is 0 Å². The van der Waals surface area contributed by atoms with Crippen LogP contribution >= 0.6 is 11.8 Å². The summed E-state index contributed by atoms with van der Waals surface area (Å²) in [5.74, 6) is -0.396. The van der Waals surface area contributed by atoms with Gasteiger partial charge in [-0.3, -0.25) is 4.90 Å². The number of amides is 1. The number of hydrogen-bond acceptors (Lipinski definition) is 4. The number of ether oxygens (including phenoxy) is 1. The van der Waals surface area contributed by atoms with Crippen LogP contribution in [0.1, 0.15) is 0 Å². The Morgan fingerprint density at radius 1 is 1.68 bits per heavy atom. The van der Waals surface area contributed by atoms with E-state index in [9.17, 15) is 9.18 Å². The maximum Gasteiger partial charge on any atom is 0.414 e. The highest BCUT2D eigenvalue weighted by atomic mass is 32.2. The van der Waals surface area contributed by atoms with Crippen LogP contribution in [0.25, 0.3) is 10.4 Å². The summed E-state index contributed by atoms with van der Waals surface area (Å²) in [6.07, 6.45) is 1.21. The molecular weight excluding hydrogens is 271 g/mol. The summed E-state index contributed by atoms with van der Waals surface area (Å²) in [7, 11) is 0. The van der Waals surface area contributed by atoms with E-state index in [1.807, 2.05) is 0 Å². The molecular formula is C11H11FN4O2S. The van der Waals surface area contributed by atoms with Crippen molar-refractivity contribution in [1.29, 1.82) is 0 Å². The summed E-state index contributed by atoms with van der Waals surface area (Å²) in [5, 5.41) is 3.43. The second-order valence-corrected chi connectivity index (χ2v) is 4.68. The lowest BCUT2D eigenvalue weighted by atomic mass is 10.2. The second kappa shape index (κ2) is 5.81. The number of rotatable bonds is 4. The zero-order valence-electron chi connectivity index (χ0n) is 10.1. The molecule has 0 bridgehead atoms. The zero-order chi connectivity index (χ0) is 13.8. The Balaban J connectivity index is 2.29. The zero-order valence-corrected chi connectivity index (χ0v) is 10.9. The number of azide groups is 1. The van der Waals surface area contributed by atoms with E-state index < -0.39 is 18.0 Å². The lowest BCUT2D eigenvalue weighted by Crippen LogP contribution is -2.35. The van der Waals surface area contributed by atoms with Crippen LogP contribution in [0.3, 0.4) is 0 Å². The van der Waals surface area contributed by atoms with Crippen LogP contribution in [-0.4, -0.2) is 31.5 Å². The molecule has 1 aliphatic rings. The summed E-state index contributed by atoms with van der Waals surface area (Å²) in [6, 6.07) is 4.13. The van der Waals surface area contributed by atoms with Gasteiger partial charge in [-0.25, -0.2) is 9.18 Å². The third-order valence-corrected chi connectivity index (χ3v) is 3.50. The van der Waals surface area contributed by atoms with Gasteiger partial charge in [-0.15, -0.1) is 11.8 Å². The van der Waals surface area contributed by atoms with Gasteiger partial charge in [-0.1, -0.05) is 5.11 Å². The van der Waals surface area contributed by atoms with Crippen molar-refractivity contribution in [2.45, 2.75) is 10.9 Å². The molecule has 1 atom stereocenters. The van der Waals surface area contributed by atoms with Crippen molar-refractivity contribution in [3.63, 3.8) is 0 Å². The minimum atomic E-state index is -0.561. The number of carbonyl (C=O) groups excluding carboxylic acids is 1. The van der Waals surface area contributed by atoms with Gasteiger partial charge in [0.1, 0.15) is 12.4 Å². The van der Waals surface area contributed by atoms with Crippen LogP contribution < -0.4 is 4.90 Å². The highest BCUT2D eigenvalue weighted by Gasteiger charge is 2.34. The predicted octanol–water partition coefficient (Wildman–Crippen LogP) is 3.18. The Kier molecular flexibility index (Phi) is 4.13. The van der Waals surface area contributed by atoms with Gasteiger partial charge in [0.25, 0.3) is 0 Å². The molecule has 1 fully saturated rings. The Bertz CT molecular complexity index is 547. The van der Waals surface area contributed by atoms with E-state index in [0.717, 1.165) is 0 Å². The monoisotopic (exact) mass is 282 g/mol. The lowest BCUT2D eigenvalue weighted by molar-refractivity contribution is 0.179. The van der Waals surface area contributed by atoms with Gasteiger partial charge in [-0.2, -0.15) is 0 Å². The highest BCUT2D eigenvalue weighted by molar-refractivity contribution is 7.98. The average Bonchev–Trinajstić information content (AvgIpc) is 2.77. The van der Waals surface area contributed by atoms with Gasteiger partial charge in [0, 0.05) is 9.81 Å². The smallest absolute Gasteiger partial charge is 0.414 e. The lowest BCUT2D eigenvalue weighted by Gasteiger charge is -2.20. The van der Waals surface area contributed by atoms with Gasteiger partial charge >= 0.3 is 6.09 Å². The van der Waals surface area contributed by atoms with Crippen LogP contribution in [0.15, 0.2) is 28.2 Å². The Hall–Kier alpha value is -1.92. The summed E-state index contributed by atoms with van der Waals surface area (Å²) in [4.78, 5) is 16.1. The van der Waals surface area contributed by atoms with Crippen molar-refractivity contribution >= 4 is 23.5 Å². The van der Waals surface area contributed by atoms with Crippen LogP contribution in [0, 0.1) is 5.82 Å². The molecule has 1 saturated heterocycles. The van der Waals surface area contributed by atoms with Crippen molar-refractivity contribution in [3.8, 4) is 0 Å². The predicted molar refractivity (Wildman–Crippen MR) is 69.8 cm³/mol. The number of hydrogen-bond donors (Lipinski definition) is 0. The number of benzene rings is 1. The molecule has 2 rings (SSSR count). The molecule has 0 spiro atoms. The summed E-state index contributed by atoms with van der Waals surface area (Å²) in [5.41, 5.74) is 8.71. The summed E-state index contributed by atoms with van der Waals surface area (Å²) in [6.45, 7) is 0.220. The molecule has 1 aliphatic heterocycles. The van der Waals surface area contributed by atoms with E-state index in [0.29, 0.717) is 10.6 Å². The molecule has 6 nitrogen and oxygen atoms in total. The standard InChI is InChI=1S/C11H11FN4O2S/c1-19-10-3-2-7(4-9(10)12)16-8(5-14-15-13)6-18-11(16)17/h2-4,8H,5-6H2,1H3. The van der Waals surface area contributed by atoms with Crippen molar-refractivity contribution in [1.82, 2.24) is 0 Å². The SMILES string of the molecule is CSc1ccc(N2C(=O)OCC2CN=[N+]=[N-])cc1F. The Labute approximate surface area is 113 Å². The van der Waals surface area contributed by atoms with Gasteiger partial charge in [0.05, 0.1) is 18.3 Å². The van der Waals surface area contributed by atoms with E-state index in [1.54, 1.807) is 18.4 Å². The normalized spacial score (nSPS) is 18.1. The molecule has 0 saturated carbocycles. The molecule has 1 aromatic rings. The number of thioether (sulfide) groups is 1. The second-order valence-electron chi connectivity index (χ2n) is 3.83. The van der Waals surface area contributed by atoms with Crippen molar-refractivity contribution in [3.05, 3.63) is 34.5 Å². The quantitative estimate of drug-likeness (QED) is 0.368. The van der Waals surface area contributed by atoms with Gasteiger partial charge in [0.15, 0.2) is 0 Å². The molecule has 100 valence electrons. The molecule has 0 radical (unpaired) electrons. The van der Waals surface area contributed by atoms with Crippen LogP contribution in [-0.2, 0) is 4.74 Å². The number of anilines is 1. The third-order valence-electron chi connectivity index (χ3n) is 2.73. The third kappa shape index (κ3) is 2.74. The van der Waals surface area contributed by atoms with Crippen LogP contribution in [0.5, 0.6) is 0 Å². The minimum absolute atomic E-state index is 0.0914. The maximum absolute atomic E-state index is 13.7. The minimum Gasteiger partial charge on any atom is -0.447 e. The topological polar surface area (TPSA) is 78.3 Å². The molecule has 1 heterocycles. The number of carbonyl (C=O) groups is 1. The Morgan fingerprint density at radius 3 is 3.11 bits per heavy atom. The fourth-order valence-electron chi connectivity index (χ4n) is 1.85. The van der Waals surface area contributed by atoms with E-state index in [-0.39, 0.29) is 13.2 Å². The molecule has 1 amide bonds. The van der Waals surface area contributed by atoms with E-state index in [1.165, 1.54) is 22.7 Å². The molecule has 0 aromatic heterocycles. The van der Waals surface area contributed by atoms with Crippen molar-refractivity contribution in [2.75, 3.05) is 24.3 Å². The summed E-state index contributed by atoms with van der Waals surface area (Å²) < 4.78 is 18.6. The molecule has 0 N–H and O–H groups in total. The average molecular weight is 282 g/mol. The fraction of sp³-hybridized carbons (Fsp3) is 0.364. The molecule has 8 heteroatoms. The summed E-state index contributed by atoms with van der Waals surface area (Å²) >= 11 is 1.29. The number of cyclic esters (lactones) is 1. The van der Waals surface area contributed by atoms with E-state index >= 15 is 0 Å². The van der Waals surface area contributed by atoms with E-state index in [2.05, 4.69) is 10.0 Å². The molecule has 0 aliphatic carbocycles. The van der Waals surface area contributed by atoms with Crippen molar-refractivity contribution in [2.24, 2.45) is 5.11 Å². The van der Waals surface area contributed by atoms with Gasteiger partial charge < -0.3 is 4.74 Å². The van der Waals surface area contributed by atoms with Crippen LogP contribution in [0.4, 0.5) is 14.9 Å². The maximum atomic E-state index is 13.7. The first kappa shape index (κ1) is 13.5. The first-order valence-electron chi connectivity index (χ1n) is 5.47. The fourth-order valence-corrected chi connectivity index (χ4v) is 2.31.